The highest BCUT2D eigenvalue weighted by molar-refractivity contribution is 6.12. The van der Waals surface area contributed by atoms with Crippen LogP contribution in [0.15, 0.2) is 42.9 Å². The van der Waals surface area contributed by atoms with Crippen molar-refractivity contribution in [2.45, 2.75) is 38.9 Å². The first-order valence-corrected chi connectivity index (χ1v) is 8.94. The Labute approximate surface area is 165 Å². The van der Waals surface area contributed by atoms with Crippen molar-refractivity contribution in [2.24, 2.45) is 0 Å². The second-order valence-corrected chi connectivity index (χ2v) is 7.50. The van der Waals surface area contributed by atoms with Gasteiger partial charge >= 0.3 is 6.18 Å². The van der Waals surface area contributed by atoms with E-state index in [1.807, 2.05) is 18.2 Å². The molecule has 0 bridgehead atoms. The summed E-state index contributed by atoms with van der Waals surface area (Å²) in [7, 11) is 0. The third-order valence-corrected chi connectivity index (χ3v) is 4.96. The normalized spacial score (nSPS) is 15.7. The van der Waals surface area contributed by atoms with Crippen molar-refractivity contribution in [3.8, 4) is 11.1 Å². The fourth-order valence-corrected chi connectivity index (χ4v) is 3.44. The number of anilines is 2. The van der Waals surface area contributed by atoms with Gasteiger partial charge in [-0.25, -0.2) is 9.97 Å². The lowest BCUT2D eigenvalue weighted by Gasteiger charge is -2.18. The van der Waals surface area contributed by atoms with Crippen LogP contribution in [0.2, 0.25) is 0 Å². The number of benzene rings is 1. The summed E-state index contributed by atoms with van der Waals surface area (Å²) in [6.45, 7) is 4.14. The zero-order valence-corrected chi connectivity index (χ0v) is 16.0. The minimum absolute atomic E-state index is 0.156. The van der Waals surface area contributed by atoms with Gasteiger partial charge in [-0.05, 0) is 38.0 Å². The molecule has 1 amide bonds. The predicted octanol–water partition coefficient (Wildman–Crippen LogP) is 4.17. The number of nitrogens with zero attached hydrogens (tertiary/aromatic N) is 5. The first-order valence-electron chi connectivity index (χ1n) is 8.94. The van der Waals surface area contributed by atoms with Crippen LogP contribution in [0.1, 0.15) is 25.2 Å². The fourth-order valence-electron chi connectivity index (χ4n) is 3.44. The Morgan fingerprint density at radius 2 is 1.76 bits per heavy atom. The zero-order chi connectivity index (χ0) is 21.0. The Balaban J connectivity index is 1.78. The van der Waals surface area contributed by atoms with Crippen LogP contribution in [0.4, 0.5) is 24.7 Å². The number of hydrogen-bond donors (Lipinski definition) is 0. The van der Waals surface area contributed by atoms with Crippen LogP contribution >= 0.6 is 0 Å². The number of aromatic nitrogens is 4. The van der Waals surface area contributed by atoms with E-state index in [1.165, 1.54) is 17.2 Å². The van der Waals surface area contributed by atoms with E-state index in [2.05, 4.69) is 15.1 Å². The molecular weight excluding hydrogens is 383 g/mol. The number of aryl methyl sites for hydroxylation is 1. The second kappa shape index (κ2) is 6.40. The number of carbonyl (C=O) groups excluding carboxylic acids is 1. The van der Waals surface area contributed by atoms with Crippen LogP contribution in [0, 0.1) is 6.92 Å². The Hall–Kier alpha value is -3.23. The highest BCUT2D eigenvalue weighted by Gasteiger charge is 2.45. The highest BCUT2D eigenvalue weighted by atomic mass is 19.4. The average molecular weight is 401 g/mol. The van der Waals surface area contributed by atoms with E-state index in [0.717, 1.165) is 21.4 Å². The Kier molecular flexibility index (Phi) is 4.21. The largest absolute Gasteiger partial charge is 0.408 e. The van der Waals surface area contributed by atoms with Crippen molar-refractivity contribution in [1.82, 2.24) is 19.7 Å². The summed E-state index contributed by atoms with van der Waals surface area (Å²) in [6, 6.07) is 6.97. The molecule has 0 N–H and O–H groups in total. The van der Waals surface area contributed by atoms with Crippen LogP contribution in [0.25, 0.3) is 11.1 Å². The number of hydrogen-bond acceptors (Lipinski definition) is 4. The molecule has 6 nitrogen and oxygen atoms in total. The first-order chi connectivity index (χ1) is 13.6. The minimum Gasteiger partial charge on any atom is -0.273 e. The van der Waals surface area contributed by atoms with Crippen LogP contribution < -0.4 is 4.90 Å². The lowest BCUT2D eigenvalue weighted by atomic mass is 9.85. The monoisotopic (exact) mass is 401 g/mol. The lowest BCUT2D eigenvalue weighted by Crippen LogP contribution is -2.33. The molecule has 9 heteroatoms. The van der Waals surface area contributed by atoms with E-state index >= 15 is 0 Å². The van der Waals surface area contributed by atoms with Gasteiger partial charge in [-0.1, -0.05) is 12.1 Å². The molecule has 0 radical (unpaired) electrons. The molecule has 1 aliphatic rings. The van der Waals surface area contributed by atoms with Gasteiger partial charge in [-0.3, -0.25) is 14.4 Å². The summed E-state index contributed by atoms with van der Waals surface area (Å²) in [5, 5.41) is 3.98. The molecule has 0 spiro atoms. The number of alkyl halides is 3. The molecule has 1 aromatic carbocycles. The molecule has 4 rings (SSSR count). The molecule has 0 aliphatic carbocycles. The molecular formula is C20H18F3N5O. The maximum Gasteiger partial charge on any atom is 0.408 e. The van der Waals surface area contributed by atoms with Crippen molar-refractivity contribution >= 4 is 17.4 Å². The Morgan fingerprint density at radius 3 is 2.41 bits per heavy atom. The van der Waals surface area contributed by atoms with E-state index in [1.54, 1.807) is 33.2 Å². The van der Waals surface area contributed by atoms with Gasteiger partial charge in [-0.2, -0.15) is 18.3 Å². The number of fused-ring (bicyclic) bond motifs is 1. The molecule has 3 aromatic rings. The molecule has 0 atom stereocenters. The van der Waals surface area contributed by atoms with Crippen molar-refractivity contribution in [3.63, 3.8) is 0 Å². The molecule has 1 aliphatic heterocycles. The summed E-state index contributed by atoms with van der Waals surface area (Å²) in [6.07, 6.45) is 0.204. The van der Waals surface area contributed by atoms with E-state index in [4.69, 9.17) is 0 Å². The number of carbonyl (C=O) groups is 1. The van der Waals surface area contributed by atoms with E-state index in [-0.39, 0.29) is 11.7 Å². The van der Waals surface area contributed by atoms with Gasteiger partial charge in [0.2, 0.25) is 5.91 Å². The van der Waals surface area contributed by atoms with Gasteiger partial charge in [0.1, 0.15) is 12.4 Å². The Morgan fingerprint density at radius 1 is 1.07 bits per heavy atom. The molecule has 0 unspecified atom stereocenters. The number of rotatable bonds is 3. The second-order valence-electron chi connectivity index (χ2n) is 7.50. The third-order valence-electron chi connectivity index (χ3n) is 4.96. The molecule has 0 saturated heterocycles. The molecule has 2 aromatic heterocycles. The van der Waals surface area contributed by atoms with Gasteiger partial charge in [0, 0.05) is 30.2 Å². The van der Waals surface area contributed by atoms with Crippen molar-refractivity contribution < 1.29 is 18.0 Å². The lowest BCUT2D eigenvalue weighted by molar-refractivity contribution is -0.142. The van der Waals surface area contributed by atoms with Crippen LogP contribution in [0.3, 0.4) is 0 Å². The van der Waals surface area contributed by atoms with Crippen LogP contribution in [-0.4, -0.2) is 31.8 Å². The summed E-state index contributed by atoms with van der Waals surface area (Å²) in [5.41, 5.74) is 2.12. The predicted molar refractivity (Wildman–Crippen MR) is 101 cm³/mol. The van der Waals surface area contributed by atoms with E-state index in [0.29, 0.717) is 11.5 Å². The molecule has 150 valence electrons. The van der Waals surface area contributed by atoms with E-state index in [9.17, 15) is 18.0 Å². The fraction of sp³-hybridized carbons (Fsp3) is 0.300. The average Bonchev–Trinajstić information content (AvgIpc) is 3.15. The maximum absolute atomic E-state index is 13.1. The van der Waals surface area contributed by atoms with Crippen LogP contribution in [0.5, 0.6) is 0 Å². The molecule has 29 heavy (non-hydrogen) atoms. The quantitative estimate of drug-likeness (QED) is 0.661. The van der Waals surface area contributed by atoms with E-state index < -0.39 is 18.1 Å². The molecule has 3 heterocycles. The van der Waals surface area contributed by atoms with Gasteiger partial charge in [0.25, 0.3) is 0 Å². The smallest absolute Gasteiger partial charge is 0.273 e. The minimum atomic E-state index is -4.39. The van der Waals surface area contributed by atoms with Gasteiger partial charge in [-0.15, -0.1) is 0 Å². The third kappa shape index (κ3) is 3.37. The van der Waals surface area contributed by atoms with Crippen LogP contribution in [-0.2, 0) is 16.8 Å². The summed E-state index contributed by atoms with van der Waals surface area (Å²) in [5.74, 6) is 0.550. The van der Waals surface area contributed by atoms with Crippen molar-refractivity contribution in [2.75, 3.05) is 4.90 Å². The van der Waals surface area contributed by atoms with Gasteiger partial charge in [0.15, 0.2) is 5.82 Å². The standard InChI is InChI=1S/C20H18F3N5O/c1-12-24-9-14(10-25-12)13-4-5-15-16(8-13)28(18(29)19(15,2)3)17-6-7-27(26-17)11-20(21,22)23/h4-10H,11H2,1-3H3. The Bertz CT molecular complexity index is 1090. The molecule has 0 saturated carbocycles. The topological polar surface area (TPSA) is 63.9 Å². The van der Waals surface area contributed by atoms with Gasteiger partial charge in [0.05, 0.1) is 11.1 Å². The number of halogens is 3. The first kappa shape index (κ1) is 19.1. The summed E-state index contributed by atoms with van der Waals surface area (Å²) in [4.78, 5) is 22.9. The summed E-state index contributed by atoms with van der Waals surface area (Å²) < 4.78 is 38.8. The van der Waals surface area contributed by atoms with Crippen molar-refractivity contribution in [1.29, 1.82) is 0 Å². The summed E-state index contributed by atoms with van der Waals surface area (Å²) >= 11 is 0. The highest BCUT2D eigenvalue weighted by Crippen LogP contribution is 2.46. The molecule has 0 fully saturated rings. The van der Waals surface area contributed by atoms with Gasteiger partial charge < -0.3 is 0 Å². The maximum atomic E-state index is 13.1. The number of amides is 1. The van der Waals surface area contributed by atoms with Crippen molar-refractivity contribution in [3.05, 3.63) is 54.2 Å². The zero-order valence-electron chi connectivity index (χ0n) is 16.0. The SMILES string of the molecule is Cc1ncc(-c2ccc3c(c2)N(c2ccn(CC(F)(F)F)n2)C(=O)C3(C)C)cn1.